The third kappa shape index (κ3) is 3.04. The Morgan fingerprint density at radius 2 is 1.87 bits per heavy atom. The Morgan fingerprint density at radius 1 is 1.13 bits per heavy atom. The average molecular weight is 310 g/mol. The van der Waals surface area contributed by atoms with Crippen LogP contribution in [0.4, 0.5) is 11.4 Å². The lowest BCUT2D eigenvalue weighted by Gasteiger charge is -2.17. The highest BCUT2D eigenvalue weighted by Gasteiger charge is 2.29. The van der Waals surface area contributed by atoms with E-state index in [-0.39, 0.29) is 0 Å². The number of carbonyl (C=O) groups excluding carboxylic acids is 2. The van der Waals surface area contributed by atoms with Crippen molar-refractivity contribution in [2.45, 2.75) is 13.3 Å². The fourth-order valence-corrected chi connectivity index (χ4v) is 2.70. The molecule has 2 aromatic rings. The van der Waals surface area contributed by atoms with E-state index in [0.717, 1.165) is 17.7 Å². The number of fused-ring (bicyclic) bond motifs is 1. The van der Waals surface area contributed by atoms with Gasteiger partial charge in [-0.15, -0.1) is 0 Å². The maximum Gasteiger partial charge on any atom is 0.316 e. The number of rotatable bonds is 3. The smallest absolute Gasteiger partial charge is 0.316 e. The molecular formula is C18H18N2O3. The minimum Gasteiger partial charge on any atom is -0.492 e. The molecule has 0 radical (unpaired) electrons. The van der Waals surface area contributed by atoms with E-state index in [2.05, 4.69) is 5.32 Å². The Kier molecular flexibility index (Phi) is 4.28. The van der Waals surface area contributed by atoms with Crippen molar-refractivity contribution >= 4 is 23.2 Å². The Balaban J connectivity index is 1.76. The molecule has 5 nitrogen and oxygen atoms in total. The number of hydrogen-bond donors (Lipinski definition) is 1. The molecule has 0 aromatic heterocycles. The molecule has 0 unspecified atom stereocenters. The number of nitrogens with zero attached hydrogens (tertiary/aromatic N) is 1. The Bertz CT molecular complexity index is 743. The molecular weight excluding hydrogens is 292 g/mol. The first-order valence-electron chi connectivity index (χ1n) is 7.63. The molecule has 2 aromatic carbocycles. The topological polar surface area (TPSA) is 58.6 Å². The second kappa shape index (κ2) is 6.52. The summed E-state index contributed by atoms with van der Waals surface area (Å²) in [4.78, 5) is 26.3. The summed E-state index contributed by atoms with van der Waals surface area (Å²) in [6.07, 6.45) is 0.769. The highest BCUT2D eigenvalue weighted by Crippen LogP contribution is 2.28. The third-order valence-electron chi connectivity index (χ3n) is 3.76. The first-order valence-corrected chi connectivity index (χ1v) is 7.63. The van der Waals surface area contributed by atoms with E-state index >= 15 is 0 Å². The molecule has 5 heteroatoms. The number of benzene rings is 2. The van der Waals surface area contributed by atoms with E-state index in [0.29, 0.717) is 24.6 Å². The minimum atomic E-state index is -0.658. The van der Waals surface area contributed by atoms with Gasteiger partial charge in [-0.1, -0.05) is 30.3 Å². The molecule has 0 bridgehead atoms. The molecule has 0 spiro atoms. The predicted molar refractivity (Wildman–Crippen MR) is 88.7 cm³/mol. The molecule has 3 rings (SSSR count). The van der Waals surface area contributed by atoms with Crippen molar-refractivity contribution in [1.82, 2.24) is 0 Å². The monoisotopic (exact) mass is 310 g/mol. The van der Waals surface area contributed by atoms with E-state index in [9.17, 15) is 9.59 Å². The number of carbonyl (C=O) groups is 2. The van der Waals surface area contributed by atoms with Crippen LogP contribution in [0.5, 0.6) is 5.75 Å². The molecule has 1 aliphatic rings. The van der Waals surface area contributed by atoms with Crippen LogP contribution in [0.15, 0.2) is 48.5 Å². The van der Waals surface area contributed by atoms with Gasteiger partial charge in [-0.2, -0.15) is 0 Å². The van der Waals surface area contributed by atoms with Gasteiger partial charge < -0.3 is 15.0 Å². The lowest BCUT2D eigenvalue weighted by Crippen LogP contribution is -2.38. The van der Waals surface area contributed by atoms with Crippen molar-refractivity contribution in [3.05, 3.63) is 54.1 Å². The molecule has 0 saturated carbocycles. The van der Waals surface area contributed by atoms with Crippen molar-refractivity contribution in [1.29, 1.82) is 0 Å². The van der Waals surface area contributed by atoms with Gasteiger partial charge in [0.1, 0.15) is 5.75 Å². The van der Waals surface area contributed by atoms with Gasteiger partial charge in [0, 0.05) is 12.2 Å². The summed E-state index contributed by atoms with van der Waals surface area (Å²) in [6, 6.07) is 14.7. The summed E-state index contributed by atoms with van der Waals surface area (Å²) in [7, 11) is 0. The maximum atomic E-state index is 12.5. The van der Waals surface area contributed by atoms with E-state index in [1.54, 1.807) is 18.2 Å². The number of amides is 2. The summed E-state index contributed by atoms with van der Waals surface area (Å²) >= 11 is 0. The van der Waals surface area contributed by atoms with Crippen molar-refractivity contribution in [3.63, 3.8) is 0 Å². The van der Waals surface area contributed by atoms with E-state index < -0.39 is 11.8 Å². The Hall–Kier alpha value is -2.82. The molecule has 0 fully saturated rings. The summed E-state index contributed by atoms with van der Waals surface area (Å²) in [5.41, 5.74) is 2.40. The van der Waals surface area contributed by atoms with Crippen LogP contribution in [0.3, 0.4) is 0 Å². The summed E-state index contributed by atoms with van der Waals surface area (Å²) in [5.74, 6) is -0.659. The largest absolute Gasteiger partial charge is 0.492 e. The molecule has 1 aliphatic heterocycles. The summed E-state index contributed by atoms with van der Waals surface area (Å²) < 4.78 is 5.46. The van der Waals surface area contributed by atoms with Crippen LogP contribution in [0.2, 0.25) is 0 Å². The molecule has 1 N–H and O–H groups in total. The van der Waals surface area contributed by atoms with Crippen LogP contribution in [0.25, 0.3) is 0 Å². The molecule has 0 aliphatic carbocycles. The Labute approximate surface area is 134 Å². The number of anilines is 2. The summed E-state index contributed by atoms with van der Waals surface area (Å²) in [6.45, 7) is 2.88. The average Bonchev–Trinajstić information content (AvgIpc) is 3.00. The minimum absolute atomic E-state index is 0.486. The van der Waals surface area contributed by atoms with Crippen molar-refractivity contribution in [2.24, 2.45) is 0 Å². The molecule has 23 heavy (non-hydrogen) atoms. The lowest BCUT2D eigenvalue weighted by atomic mass is 10.2. The van der Waals surface area contributed by atoms with Gasteiger partial charge in [-0.3, -0.25) is 9.59 Å². The zero-order valence-electron chi connectivity index (χ0n) is 12.9. The van der Waals surface area contributed by atoms with Crippen LogP contribution in [-0.4, -0.2) is 25.0 Å². The molecule has 118 valence electrons. The van der Waals surface area contributed by atoms with Gasteiger partial charge in [-0.05, 0) is 37.1 Å². The highest BCUT2D eigenvalue weighted by atomic mass is 16.5. The molecule has 1 heterocycles. The van der Waals surface area contributed by atoms with Crippen molar-refractivity contribution in [2.75, 3.05) is 23.4 Å². The van der Waals surface area contributed by atoms with Crippen LogP contribution in [-0.2, 0) is 16.0 Å². The first kappa shape index (κ1) is 15.1. The quantitative estimate of drug-likeness (QED) is 0.887. The van der Waals surface area contributed by atoms with Crippen molar-refractivity contribution < 1.29 is 14.3 Å². The van der Waals surface area contributed by atoms with Gasteiger partial charge in [0.05, 0.1) is 12.3 Å². The standard InChI is InChI=1S/C18H18N2O3/c1-2-23-16-10-6-4-8-14(16)19-17(21)18(22)20-12-11-13-7-3-5-9-15(13)20/h3-10H,2,11-12H2,1H3,(H,19,21). The number of nitrogens with one attached hydrogen (secondary N) is 1. The van der Waals surface area contributed by atoms with Gasteiger partial charge in [0.25, 0.3) is 0 Å². The van der Waals surface area contributed by atoms with Gasteiger partial charge >= 0.3 is 11.8 Å². The zero-order valence-corrected chi connectivity index (χ0v) is 12.9. The molecule has 0 saturated heterocycles. The van der Waals surface area contributed by atoms with Crippen LogP contribution < -0.4 is 15.0 Å². The third-order valence-corrected chi connectivity index (χ3v) is 3.76. The number of ether oxygens (including phenoxy) is 1. The SMILES string of the molecule is CCOc1ccccc1NC(=O)C(=O)N1CCc2ccccc21. The van der Waals surface area contributed by atoms with E-state index in [4.69, 9.17) is 4.74 Å². The molecule has 2 amide bonds. The predicted octanol–water partition coefficient (Wildman–Crippen LogP) is 2.61. The summed E-state index contributed by atoms with van der Waals surface area (Å²) in [5, 5.41) is 2.65. The fraction of sp³-hybridized carbons (Fsp3) is 0.222. The Morgan fingerprint density at radius 3 is 2.70 bits per heavy atom. The first-order chi connectivity index (χ1) is 11.2. The second-order valence-electron chi connectivity index (χ2n) is 5.22. The van der Waals surface area contributed by atoms with E-state index in [1.165, 1.54) is 4.90 Å². The zero-order chi connectivity index (χ0) is 16.2. The van der Waals surface area contributed by atoms with Gasteiger partial charge in [0.2, 0.25) is 0 Å². The normalized spacial score (nSPS) is 12.7. The van der Waals surface area contributed by atoms with Crippen LogP contribution in [0, 0.1) is 0 Å². The maximum absolute atomic E-state index is 12.5. The number of para-hydroxylation sites is 3. The highest BCUT2D eigenvalue weighted by molar-refractivity contribution is 6.44. The lowest BCUT2D eigenvalue weighted by molar-refractivity contribution is -0.134. The van der Waals surface area contributed by atoms with Crippen LogP contribution >= 0.6 is 0 Å². The van der Waals surface area contributed by atoms with E-state index in [1.807, 2.05) is 37.3 Å². The molecule has 0 atom stereocenters. The number of hydrogen-bond acceptors (Lipinski definition) is 3. The van der Waals surface area contributed by atoms with Crippen LogP contribution in [0.1, 0.15) is 12.5 Å². The van der Waals surface area contributed by atoms with Gasteiger partial charge in [0.15, 0.2) is 0 Å². The fourth-order valence-electron chi connectivity index (χ4n) is 2.70. The van der Waals surface area contributed by atoms with Crippen molar-refractivity contribution in [3.8, 4) is 5.75 Å². The van der Waals surface area contributed by atoms with Gasteiger partial charge in [-0.25, -0.2) is 0 Å². The second-order valence-corrected chi connectivity index (χ2v) is 5.22.